The number of benzene rings is 1. The van der Waals surface area contributed by atoms with Gasteiger partial charge in [-0.1, -0.05) is 12.1 Å². The molecule has 28 heavy (non-hydrogen) atoms. The molecular formula is C20H23FN4O3. The Morgan fingerprint density at radius 3 is 2.75 bits per heavy atom. The molecule has 0 aromatic heterocycles. The minimum atomic E-state index is -0.739. The molecule has 1 fully saturated rings. The highest BCUT2D eigenvalue weighted by Crippen LogP contribution is 2.37. The van der Waals surface area contributed by atoms with Crippen LogP contribution in [0.4, 0.5) is 9.18 Å². The summed E-state index contributed by atoms with van der Waals surface area (Å²) in [5, 5.41) is 5.73. The van der Waals surface area contributed by atoms with Gasteiger partial charge in [0.15, 0.2) is 0 Å². The van der Waals surface area contributed by atoms with Gasteiger partial charge in [0.25, 0.3) is 5.91 Å². The number of nitrogens with one attached hydrogen (secondary N) is 2. The van der Waals surface area contributed by atoms with Crippen LogP contribution in [0.1, 0.15) is 38.3 Å². The molecular weight excluding hydrogens is 363 g/mol. The summed E-state index contributed by atoms with van der Waals surface area (Å²) in [5.41, 5.74) is 1.48. The van der Waals surface area contributed by atoms with Gasteiger partial charge >= 0.3 is 6.03 Å². The van der Waals surface area contributed by atoms with Crippen LogP contribution in [0.25, 0.3) is 0 Å². The van der Waals surface area contributed by atoms with Gasteiger partial charge in [0.1, 0.15) is 11.9 Å². The molecule has 2 unspecified atom stereocenters. The second-order valence-electron chi connectivity index (χ2n) is 7.43. The molecule has 148 valence electrons. The standard InChI is InChI=1S/C20H23FN4O3/c1-3-24-15-10-25(11(2)18(26)22-14-7-8-14)19(27)16(15)17(23-20(24)28)12-5-4-6-13(21)9-12/h4-6,9,11,14,17H,3,7-8,10H2,1-2H3,(H,22,26)(H,23,28). The van der Waals surface area contributed by atoms with Crippen molar-refractivity contribution in [1.82, 2.24) is 20.4 Å². The van der Waals surface area contributed by atoms with Crippen molar-refractivity contribution in [2.75, 3.05) is 13.1 Å². The number of likely N-dealkylation sites (N-methyl/N-ethyl adjacent to an activating group) is 1. The summed E-state index contributed by atoms with van der Waals surface area (Å²) in [7, 11) is 0. The number of carbonyl (C=O) groups is 3. The third kappa shape index (κ3) is 3.12. The van der Waals surface area contributed by atoms with Crippen LogP contribution in [0.3, 0.4) is 0 Å². The van der Waals surface area contributed by atoms with E-state index in [9.17, 15) is 18.8 Å². The molecule has 4 rings (SSSR count). The molecule has 1 aromatic rings. The Morgan fingerprint density at radius 2 is 2.11 bits per heavy atom. The van der Waals surface area contributed by atoms with Crippen molar-refractivity contribution in [1.29, 1.82) is 0 Å². The van der Waals surface area contributed by atoms with Gasteiger partial charge in [-0.2, -0.15) is 0 Å². The second-order valence-corrected chi connectivity index (χ2v) is 7.43. The van der Waals surface area contributed by atoms with Gasteiger partial charge in [-0.15, -0.1) is 0 Å². The van der Waals surface area contributed by atoms with E-state index in [1.165, 1.54) is 21.9 Å². The van der Waals surface area contributed by atoms with E-state index in [1.807, 2.05) is 6.92 Å². The van der Waals surface area contributed by atoms with Crippen molar-refractivity contribution >= 4 is 17.8 Å². The zero-order valence-corrected chi connectivity index (χ0v) is 15.9. The SMILES string of the molecule is CCN1C(=O)NC(c2cccc(F)c2)C2=C1CN(C(C)C(=O)NC1CC1)C2=O. The second kappa shape index (κ2) is 6.92. The van der Waals surface area contributed by atoms with Gasteiger partial charge in [0.05, 0.1) is 23.9 Å². The Labute approximate surface area is 162 Å². The smallest absolute Gasteiger partial charge is 0.322 e. The Hall–Kier alpha value is -2.90. The summed E-state index contributed by atoms with van der Waals surface area (Å²) >= 11 is 0. The fraction of sp³-hybridized carbons (Fsp3) is 0.450. The van der Waals surface area contributed by atoms with Crippen LogP contribution in [0.15, 0.2) is 35.5 Å². The maximum Gasteiger partial charge on any atom is 0.322 e. The molecule has 2 N–H and O–H groups in total. The highest BCUT2D eigenvalue weighted by atomic mass is 19.1. The average molecular weight is 386 g/mol. The topological polar surface area (TPSA) is 81.8 Å². The monoisotopic (exact) mass is 386 g/mol. The molecule has 0 bridgehead atoms. The first-order valence-corrected chi connectivity index (χ1v) is 9.58. The summed E-state index contributed by atoms with van der Waals surface area (Å²) in [6.07, 6.45) is 1.93. The van der Waals surface area contributed by atoms with E-state index >= 15 is 0 Å². The number of carbonyl (C=O) groups excluding carboxylic acids is 3. The first kappa shape index (κ1) is 18.5. The predicted molar refractivity (Wildman–Crippen MR) is 99.4 cm³/mol. The van der Waals surface area contributed by atoms with Crippen LogP contribution >= 0.6 is 0 Å². The molecule has 8 heteroatoms. The lowest BCUT2D eigenvalue weighted by Crippen LogP contribution is -2.47. The highest BCUT2D eigenvalue weighted by molar-refractivity contribution is 6.03. The van der Waals surface area contributed by atoms with Crippen LogP contribution in [0.5, 0.6) is 0 Å². The molecule has 4 amide bonds. The maximum absolute atomic E-state index is 13.8. The van der Waals surface area contributed by atoms with E-state index < -0.39 is 17.9 Å². The summed E-state index contributed by atoms with van der Waals surface area (Å²) in [6.45, 7) is 4.09. The van der Waals surface area contributed by atoms with E-state index in [1.54, 1.807) is 19.1 Å². The maximum atomic E-state index is 13.8. The number of halogens is 1. The summed E-state index contributed by atoms with van der Waals surface area (Å²) < 4.78 is 13.8. The predicted octanol–water partition coefficient (Wildman–Crippen LogP) is 1.68. The molecule has 2 aliphatic heterocycles. The molecule has 2 heterocycles. The molecule has 3 aliphatic rings. The third-order valence-electron chi connectivity index (χ3n) is 5.52. The Morgan fingerprint density at radius 1 is 1.36 bits per heavy atom. The van der Waals surface area contributed by atoms with Crippen LogP contribution in [-0.2, 0) is 9.59 Å². The lowest BCUT2D eigenvalue weighted by atomic mass is 9.95. The molecule has 0 saturated heterocycles. The zero-order valence-electron chi connectivity index (χ0n) is 15.9. The molecule has 1 aromatic carbocycles. The summed E-state index contributed by atoms with van der Waals surface area (Å²) in [4.78, 5) is 41.3. The number of rotatable bonds is 5. The van der Waals surface area contributed by atoms with E-state index in [0.717, 1.165) is 12.8 Å². The van der Waals surface area contributed by atoms with E-state index in [2.05, 4.69) is 10.6 Å². The van der Waals surface area contributed by atoms with Gasteiger partial charge in [0, 0.05) is 12.6 Å². The highest BCUT2D eigenvalue weighted by Gasteiger charge is 2.46. The first-order chi connectivity index (χ1) is 13.4. The third-order valence-corrected chi connectivity index (χ3v) is 5.52. The van der Waals surface area contributed by atoms with Crippen LogP contribution < -0.4 is 10.6 Å². The minimum Gasteiger partial charge on any atom is -0.352 e. The van der Waals surface area contributed by atoms with Crippen LogP contribution in [-0.4, -0.2) is 52.8 Å². The van der Waals surface area contributed by atoms with Gasteiger partial charge < -0.3 is 15.5 Å². The molecule has 0 radical (unpaired) electrons. The zero-order chi connectivity index (χ0) is 20.0. The van der Waals surface area contributed by atoms with E-state index in [4.69, 9.17) is 0 Å². The van der Waals surface area contributed by atoms with Crippen molar-refractivity contribution in [2.45, 2.75) is 44.8 Å². The molecule has 0 spiro atoms. The lowest BCUT2D eigenvalue weighted by Gasteiger charge is -2.32. The fourth-order valence-electron chi connectivity index (χ4n) is 3.79. The largest absolute Gasteiger partial charge is 0.352 e. The number of hydrogen-bond acceptors (Lipinski definition) is 3. The number of hydrogen-bond donors (Lipinski definition) is 2. The van der Waals surface area contributed by atoms with E-state index in [0.29, 0.717) is 23.4 Å². The first-order valence-electron chi connectivity index (χ1n) is 9.58. The molecule has 1 aliphatic carbocycles. The number of amides is 4. The van der Waals surface area contributed by atoms with Crippen molar-refractivity contribution < 1.29 is 18.8 Å². The molecule has 1 saturated carbocycles. The van der Waals surface area contributed by atoms with Crippen LogP contribution in [0.2, 0.25) is 0 Å². The molecule has 7 nitrogen and oxygen atoms in total. The normalized spacial score (nSPS) is 22.9. The van der Waals surface area contributed by atoms with Crippen molar-refractivity contribution in [3.8, 4) is 0 Å². The Bertz CT molecular complexity index is 880. The molecule has 2 atom stereocenters. The van der Waals surface area contributed by atoms with Gasteiger partial charge in [-0.25, -0.2) is 9.18 Å². The average Bonchev–Trinajstić information content (AvgIpc) is 3.42. The number of urea groups is 1. The van der Waals surface area contributed by atoms with Crippen molar-refractivity contribution in [3.05, 3.63) is 46.9 Å². The van der Waals surface area contributed by atoms with Crippen LogP contribution in [0, 0.1) is 5.82 Å². The lowest BCUT2D eigenvalue weighted by molar-refractivity contribution is -0.135. The Kier molecular flexibility index (Phi) is 4.56. The van der Waals surface area contributed by atoms with Gasteiger partial charge in [0.2, 0.25) is 5.91 Å². The van der Waals surface area contributed by atoms with E-state index in [-0.39, 0.29) is 30.4 Å². The number of nitrogens with zero attached hydrogens (tertiary/aromatic N) is 2. The Balaban J connectivity index is 1.67. The van der Waals surface area contributed by atoms with Crippen molar-refractivity contribution in [3.63, 3.8) is 0 Å². The quantitative estimate of drug-likeness (QED) is 0.808. The minimum absolute atomic E-state index is 0.181. The fourth-order valence-corrected chi connectivity index (χ4v) is 3.79. The summed E-state index contributed by atoms with van der Waals surface area (Å²) in [5.74, 6) is -0.937. The van der Waals surface area contributed by atoms with Gasteiger partial charge in [-0.05, 0) is 44.4 Å². The van der Waals surface area contributed by atoms with Gasteiger partial charge in [-0.3, -0.25) is 14.5 Å². The van der Waals surface area contributed by atoms with Crippen molar-refractivity contribution in [2.24, 2.45) is 0 Å². The summed E-state index contributed by atoms with van der Waals surface area (Å²) in [6, 6.07) is 4.33.